The molecule has 0 aliphatic carbocycles. The molecule has 3 aromatic carbocycles. The molecule has 0 aliphatic rings. The molecule has 0 saturated carbocycles. The minimum atomic E-state index is -3.83. The van der Waals surface area contributed by atoms with E-state index in [0.29, 0.717) is 11.3 Å². The Morgan fingerprint density at radius 1 is 0.966 bits per heavy atom. The van der Waals surface area contributed by atoms with E-state index in [1.165, 1.54) is 42.5 Å². The third kappa shape index (κ3) is 5.07. The van der Waals surface area contributed by atoms with Crippen LogP contribution in [0.5, 0.6) is 0 Å². The lowest BCUT2D eigenvalue weighted by molar-refractivity contribution is 0.102. The van der Waals surface area contributed by atoms with E-state index in [4.69, 9.17) is 0 Å². The second-order valence-electron chi connectivity index (χ2n) is 6.70. The summed E-state index contributed by atoms with van der Waals surface area (Å²) in [6.07, 6.45) is 0. The molecule has 0 spiro atoms. The molecule has 0 fully saturated rings. The van der Waals surface area contributed by atoms with Crippen molar-refractivity contribution in [2.45, 2.75) is 24.8 Å². The number of amides is 1. The standard InChI is InChI=1S/C22H21FN2O3S/c1-15-13-19(11-12-21(15)23)24-22(26)18-9-6-10-20(14-18)29(27,28)25-16(2)17-7-4-3-5-8-17/h3-14,16,25H,1-2H3,(H,24,26)/t16-/m0/s1. The van der Waals surface area contributed by atoms with Gasteiger partial charge in [0.1, 0.15) is 5.82 Å². The fourth-order valence-corrected chi connectivity index (χ4v) is 4.12. The number of sulfonamides is 1. The van der Waals surface area contributed by atoms with Crippen molar-refractivity contribution < 1.29 is 17.6 Å². The highest BCUT2D eigenvalue weighted by molar-refractivity contribution is 7.89. The summed E-state index contributed by atoms with van der Waals surface area (Å²) in [5.41, 5.74) is 1.84. The summed E-state index contributed by atoms with van der Waals surface area (Å²) in [7, 11) is -3.83. The zero-order valence-corrected chi connectivity index (χ0v) is 16.8. The van der Waals surface area contributed by atoms with Crippen LogP contribution in [0.3, 0.4) is 0 Å². The fraction of sp³-hybridized carbons (Fsp3) is 0.136. The fourth-order valence-electron chi connectivity index (χ4n) is 2.84. The number of carbonyl (C=O) groups is 1. The monoisotopic (exact) mass is 412 g/mol. The Hall–Kier alpha value is -3.03. The number of aryl methyl sites for hydroxylation is 1. The van der Waals surface area contributed by atoms with Crippen molar-refractivity contribution in [3.05, 3.63) is 95.3 Å². The van der Waals surface area contributed by atoms with Crippen LogP contribution in [0.2, 0.25) is 0 Å². The molecule has 1 amide bonds. The Balaban J connectivity index is 1.78. The molecule has 5 nitrogen and oxygen atoms in total. The Bertz CT molecular complexity index is 1130. The highest BCUT2D eigenvalue weighted by Gasteiger charge is 2.20. The molecule has 0 saturated heterocycles. The van der Waals surface area contributed by atoms with Crippen LogP contribution in [0, 0.1) is 12.7 Å². The molecule has 3 aromatic rings. The Morgan fingerprint density at radius 2 is 1.69 bits per heavy atom. The van der Waals surface area contributed by atoms with Crippen molar-refractivity contribution in [1.29, 1.82) is 0 Å². The van der Waals surface area contributed by atoms with Crippen LogP contribution in [-0.2, 0) is 10.0 Å². The SMILES string of the molecule is Cc1cc(NC(=O)c2cccc(S(=O)(=O)N[C@@H](C)c3ccccc3)c2)ccc1F. The van der Waals surface area contributed by atoms with Crippen molar-refractivity contribution >= 4 is 21.6 Å². The van der Waals surface area contributed by atoms with E-state index >= 15 is 0 Å². The van der Waals surface area contributed by atoms with Crippen LogP contribution >= 0.6 is 0 Å². The minimum absolute atomic E-state index is 0.0109. The first-order chi connectivity index (χ1) is 13.8. The van der Waals surface area contributed by atoms with E-state index in [9.17, 15) is 17.6 Å². The molecule has 0 aliphatic heterocycles. The molecule has 1 atom stereocenters. The van der Waals surface area contributed by atoms with Gasteiger partial charge in [0, 0.05) is 17.3 Å². The van der Waals surface area contributed by atoms with Gasteiger partial charge in [-0.15, -0.1) is 0 Å². The van der Waals surface area contributed by atoms with Crippen LogP contribution in [-0.4, -0.2) is 14.3 Å². The average molecular weight is 412 g/mol. The van der Waals surface area contributed by atoms with Gasteiger partial charge in [-0.05, 0) is 61.4 Å². The Kier molecular flexibility index (Phi) is 6.10. The number of anilines is 1. The maximum Gasteiger partial charge on any atom is 0.255 e. The number of hydrogen-bond acceptors (Lipinski definition) is 3. The van der Waals surface area contributed by atoms with E-state index in [1.54, 1.807) is 13.8 Å². The zero-order valence-electron chi connectivity index (χ0n) is 16.0. The zero-order chi connectivity index (χ0) is 21.0. The van der Waals surface area contributed by atoms with Gasteiger partial charge in [0.15, 0.2) is 0 Å². The quantitative estimate of drug-likeness (QED) is 0.629. The molecular weight excluding hydrogens is 391 g/mol. The topological polar surface area (TPSA) is 75.3 Å². The predicted molar refractivity (Wildman–Crippen MR) is 111 cm³/mol. The summed E-state index contributed by atoms with van der Waals surface area (Å²) < 4.78 is 41.5. The van der Waals surface area contributed by atoms with Gasteiger partial charge in [0.2, 0.25) is 10.0 Å². The lowest BCUT2D eigenvalue weighted by Crippen LogP contribution is -2.27. The van der Waals surface area contributed by atoms with Gasteiger partial charge in [-0.25, -0.2) is 17.5 Å². The lowest BCUT2D eigenvalue weighted by atomic mass is 10.1. The van der Waals surface area contributed by atoms with Crippen molar-refractivity contribution in [2.24, 2.45) is 0 Å². The maximum atomic E-state index is 13.4. The van der Waals surface area contributed by atoms with Crippen LogP contribution in [0.4, 0.5) is 10.1 Å². The largest absolute Gasteiger partial charge is 0.322 e. The van der Waals surface area contributed by atoms with Crippen molar-refractivity contribution in [1.82, 2.24) is 4.72 Å². The summed E-state index contributed by atoms with van der Waals surface area (Å²) in [5, 5.41) is 2.65. The van der Waals surface area contributed by atoms with E-state index in [0.717, 1.165) is 5.56 Å². The lowest BCUT2D eigenvalue weighted by Gasteiger charge is -2.15. The van der Waals surface area contributed by atoms with Crippen molar-refractivity contribution in [3.63, 3.8) is 0 Å². The van der Waals surface area contributed by atoms with Gasteiger partial charge >= 0.3 is 0 Å². The second kappa shape index (κ2) is 8.55. The van der Waals surface area contributed by atoms with E-state index < -0.39 is 22.0 Å². The third-order valence-corrected chi connectivity index (χ3v) is 5.99. The van der Waals surface area contributed by atoms with Gasteiger partial charge in [0.25, 0.3) is 5.91 Å². The number of hydrogen-bond donors (Lipinski definition) is 2. The number of rotatable bonds is 6. The van der Waals surface area contributed by atoms with Gasteiger partial charge in [-0.2, -0.15) is 0 Å². The van der Waals surface area contributed by atoms with Gasteiger partial charge in [-0.1, -0.05) is 36.4 Å². The first kappa shape index (κ1) is 20.7. The molecule has 0 bridgehead atoms. The number of carbonyl (C=O) groups excluding carboxylic acids is 1. The van der Waals surface area contributed by atoms with Gasteiger partial charge in [-0.3, -0.25) is 4.79 Å². The van der Waals surface area contributed by atoms with Crippen LogP contribution in [0.1, 0.15) is 34.5 Å². The van der Waals surface area contributed by atoms with Crippen LogP contribution in [0.25, 0.3) is 0 Å². The highest BCUT2D eigenvalue weighted by atomic mass is 32.2. The summed E-state index contributed by atoms with van der Waals surface area (Å²) in [5.74, 6) is -0.848. The second-order valence-corrected chi connectivity index (χ2v) is 8.41. The van der Waals surface area contributed by atoms with E-state index in [-0.39, 0.29) is 16.3 Å². The Labute approximate surface area is 169 Å². The third-order valence-electron chi connectivity index (χ3n) is 4.45. The average Bonchev–Trinajstić information content (AvgIpc) is 2.71. The number of benzene rings is 3. The predicted octanol–water partition coefficient (Wildman–Crippen LogP) is 4.43. The summed E-state index contributed by atoms with van der Waals surface area (Å²) in [6.45, 7) is 3.35. The molecule has 0 unspecified atom stereocenters. The first-order valence-corrected chi connectivity index (χ1v) is 10.5. The molecule has 3 rings (SSSR count). The van der Waals surface area contributed by atoms with Gasteiger partial charge < -0.3 is 5.32 Å². The highest BCUT2D eigenvalue weighted by Crippen LogP contribution is 2.19. The van der Waals surface area contributed by atoms with E-state index in [1.807, 2.05) is 30.3 Å². The van der Waals surface area contributed by atoms with Crippen molar-refractivity contribution in [3.8, 4) is 0 Å². The number of halogens is 1. The summed E-state index contributed by atoms with van der Waals surface area (Å²) in [6, 6.07) is 18.8. The maximum absolute atomic E-state index is 13.4. The molecule has 29 heavy (non-hydrogen) atoms. The van der Waals surface area contributed by atoms with Crippen molar-refractivity contribution in [2.75, 3.05) is 5.32 Å². The molecule has 7 heteroatoms. The molecule has 0 heterocycles. The summed E-state index contributed by atoms with van der Waals surface area (Å²) in [4.78, 5) is 12.5. The summed E-state index contributed by atoms with van der Waals surface area (Å²) >= 11 is 0. The van der Waals surface area contributed by atoms with Crippen LogP contribution < -0.4 is 10.0 Å². The molecular formula is C22H21FN2O3S. The van der Waals surface area contributed by atoms with Gasteiger partial charge in [0.05, 0.1) is 4.90 Å². The Morgan fingerprint density at radius 3 is 2.38 bits per heavy atom. The minimum Gasteiger partial charge on any atom is -0.322 e. The molecule has 2 N–H and O–H groups in total. The molecule has 0 radical (unpaired) electrons. The normalized spacial score (nSPS) is 12.4. The van der Waals surface area contributed by atoms with E-state index in [2.05, 4.69) is 10.0 Å². The van der Waals surface area contributed by atoms with Crippen LogP contribution in [0.15, 0.2) is 77.7 Å². The molecule has 150 valence electrons. The first-order valence-electron chi connectivity index (χ1n) is 9.01. The number of nitrogens with one attached hydrogen (secondary N) is 2. The smallest absolute Gasteiger partial charge is 0.255 e. The molecule has 0 aromatic heterocycles.